The zero-order chi connectivity index (χ0) is 49.5. The fourth-order valence-electron chi connectivity index (χ4n) is 12.7. The third-order valence-electron chi connectivity index (χ3n) is 16.0. The van der Waals surface area contributed by atoms with Crippen molar-refractivity contribution in [2.75, 3.05) is 0 Å². The largest absolute Gasteiger partial charge is 0.309 e. The van der Waals surface area contributed by atoms with Gasteiger partial charge in [-0.2, -0.15) is 0 Å². The van der Waals surface area contributed by atoms with Crippen molar-refractivity contribution in [3.63, 3.8) is 0 Å². The minimum absolute atomic E-state index is 0.430. The van der Waals surface area contributed by atoms with E-state index in [-0.39, 0.29) is 0 Å². The summed E-state index contributed by atoms with van der Waals surface area (Å²) in [5, 5.41) is 4.96. The summed E-state index contributed by atoms with van der Waals surface area (Å²) in [5.74, 6) is 0. The molecule has 0 aliphatic heterocycles. The highest BCUT2D eigenvalue weighted by Gasteiger charge is 2.45. The Bertz CT molecular complexity index is 4450. The van der Waals surface area contributed by atoms with Crippen LogP contribution in [0.25, 0.3) is 111 Å². The first-order valence-electron chi connectivity index (χ1n) is 26.0. The lowest BCUT2D eigenvalue weighted by atomic mass is 9.67. The lowest BCUT2D eigenvalue weighted by Gasteiger charge is -2.34. The lowest BCUT2D eigenvalue weighted by Crippen LogP contribution is -2.28. The van der Waals surface area contributed by atoms with Crippen LogP contribution in [0.1, 0.15) is 22.3 Å². The average molecular weight is 953 g/mol. The van der Waals surface area contributed by atoms with Crippen molar-refractivity contribution in [1.29, 1.82) is 0 Å². The SMILES string of the molecule is c1ccc(-c2ccccc2-n2c3ccccc3c3cc(-c4ccc5c(c4)c4ccccc4n5-c4ccc(-c5ccc(-c6cccc(C7(c8ccccc8)c8ccccc8-c8ccccc87)c6)cc5)cc4)ccc32)cc1. The van der Waals surface area contributed by atoms with Crippen LogP contribution in [0.5, 0.6) is 0 Å². The van der Waals surface area contributed by atoms with Crippen molar-refractivity contribution in [1.82, 2.24) is 9.13 Å². The minimum Gasteiger partial charge on any atom is -0.309 e. The van der Waals surface area contributed by atoms with Crippen molar-refractivity contribution >= 4 is 43.6 Å². The molecule has 0 unspecified atom stereocenters. The summed E-state index contributed by atoms with van der Waals surface area (Å²) < 4.78 is 4.85. The molecule has 15 rings (SSSR count). The molecular weight excluding hydrogens is 905 g/mol. The number of benzene rings is 12. The van der Waals surface area contributed by atoms with Crippen LogP contribution in [0.4, 0.5) is 0 Å². The standard InChI is InChI=1S/C73H48N2/c1-3-18-52(19-4-1)59-24-9-14-31-68(59)75-70-33-16-11-28-63(70)65-48-55(41-45-72(65)75)54-40-44-71-64(47-54)62-27-10-15-32-69(62)74(71)58-42-38-50(39-43-58)49-34-36-51(37-35-49)53-20-17-23-57(46-53)73(56-21-5-2-6-22-56)66-29-12-7-25-60(66)61-26-8-13-30-67(61)73/h1-48H. The van der Waals surface area contributed by atoms with E-state index in [1.165, 1.54) is 127 Å². The van der Waals surface area contributed by atoms with Crippen LogP contribution in [0, 0.1) is 0 Å². The van der Waals surface area contributed by atoms with Gasteiger partial charge in [-0.3, -0.25) is 0 Å². The van der Waals surface area contributed by atoms with E-state index in [2.05, 4.69) is 300 Å². The van der Waals surface area contributed by atoms with E-state index in [1.54, 1.807) is 0 Å². The van der Waals surface area contributed by atoms with Gasteiger partial charge in [-0.1, -0.05) is 231 Å². The van der Waals surface area contributed by atoms with Crippen molar-refractivity contribution in [2.45, 2.75) is 5.41 Å². The monoisotopic (exact) mass is 952 g/mol. The Balaban J connectivity index is 0.759. The molecule has 1 aliphatic rings. The highest BCUT2D eigenvalue weighted by molar-refractivity contribution is 6.13. The van der Waals surface area contributed by atoms with Crippen LogP contribution in [0.15, 0.2) is 291 Å². The minimum atomic E-state index is -0.430. The number of hydrogen-bond acceptors (Lipinski definition) is 0. The Labute approximate surface area is 436 Å². The Morgan fingerprint density at radius 3 is 1.27 bits per heavy atom. The van der Waals surface area contributed by atoms with E-state index in [9.17, 15) is 0 Å². The first kappa shape index (κ1) is 42.9. The molecule has 0 fully saturated rings. The van der Waals surface area contributed by atoms with Crippen molar-refractivity contribution < 1.29 is 0 Å². The van der Waals surface area contributed by atoms with Gasteiger partial charge in [0.25, 0.3) is 0 Å². The molecule has 0 saturated carbocycles. The smallest absolute Gasteiger partial charge is 0.0713 e. The molecule has 1 aliphatic carbocycles. The zero-order valence-corrected chi connectivity index (χ0v) is 41.1. The molecule has 0 spiro atoms. The van der Waals surface area contributed by atoms with Gasteiger partial charge in [0.05, 0.1) is 33.2 Å². The number of rotatable bonds is 8. The van der Waals surface area contributed by atoms with Gasteiger partial charge in [0.2, 0.25) is 0 Å². The predicted octanol–water partition coefficient (Wildman–Crippen LogP) is 18.9. The Morgan fingerprint density at radius 2 is 0.640 bits per heavy atom. The Morgan fingerprint density at radius 1 is 0.227 bits per heavy atom. The van der Waals surface area contributed by atoms with Crippen LogP contribution in [0.2, 0.25) is 0 Å². The molecule has 0 atom stereocenters. The molecule has 2 aromatic heterocycles. The molecule has 0 radical (unpaired) electrons. The van der Waals surface area contributed by atoms with E-state index in [0.29, 0.717) is 0 Å². The predicted molar refractivity (Wildman–Crippen MR) is 314 cm³/mol. The molecule has 0 amide bonds. The van der Waals surface area contributed by atoms with Crippen LogP contribution < -0.4 is 0 Å². The summed E-state index contributed by atoms with van der Waals surface area (Å²) in [6.07, 6.45) is 0. The second kappa shape index (κ2) is 17.2. The maximum absolute atomic E-state index is 2.43. The van der Waals surface area contributed by atoms with Gasteiger partial charge >= 0.3 is 0 Å². The van der Waals surface area contributed by atoms with Gasteiger partial charge in [-0.25, -0.2) is 0 Å². The van der Waals surface area contributed by atoms with Crippen LogP contribution in [0.3, 0.4) is 0 Å². The number of fused-ring (bicyclic) bond motifs is 9. The van der Waals surface area contributed by atoms with Crippen LogP contribution in [-0.2, 0) is 5.41 Å². The number of para-hydroxylation sites is 3. The molecule has 0 N–H and O–H groups in total. The van der Waals surface area contributed by atoms with Gasteiger partial charge in [-0.15, -0.1) is 0 Å². The first-order valence-corrected chi connectivity index (χ1v) is 26.0. The van der Waals surface area contributed by atoms with E-state index < -0.39 is 5.41 Å². The van der Waals surface area contributed by atoms with Crippen molar-refractivity contribution in [3.8, 4) is 67.0 Å². The molecule has 2 heterocycles. The van der Waals surface area contributed by atoms with Gasteiger partial charge in [0, 0.05) is 32.8 Å². The molecule has 2 heteroatoms. The molecular formula is C73H48N2. The third-order valence-corrected chi connectivity index (χ3v) is 16.0. The van der Waals surface area contributed by atoms with E-state index in [1.807, 2.05) is 0 Å². The summed E-state index contributed by atoms with van der Waals surface area (Å²) in [6.45, 7) is 0. The van der Waals surface area contributed by atoms with Gasteiger partial charge in [0.15, 0.2) is 0 Å². The molecule has 350 valence electrons. The number of aromatic nitrogens is 2. The summed E-state index contributed by atoms with van der Waals surface area (Å²) in [6, 6.07) is 107. The Kier molecular flexibility index (Phi) is 9.83. The normalized spacial score (nSPS) is 12.6. The summed E-state index contributed by atoms with van der Waals surface area (Å²) in [5.41, 5.74) is 24.1. The average Bonchev–Trinajstić information content (AvgIpc) is 4.14. The topological polar surface area (TPSA) is 9.86 Å². The fourth-order valence-corrected chi connectivity index (χ4v) is 12.7. The quantitative estimate of drug-likeness (QED) is 0.144. The second-order valence-corrected chi connectivity index (χ2v) is 20.0. The third kappa shape index (κ3) is 6.66. The highest BCUT2D eigenvalue weighted by atomic mass is 15.0. The second-order valence-electron chi connectivity index (χ2n) is 20.0. The molecule has 14 aromatic rings. The maximum atomic E-state index is 2.43. The van der Waals surface area contributed by atoms with Gasteiger partial charge in [0.1, 0.15) is 0 Å². The summed E-state index contributed by atoms with van der Waals surface area (Å²) >= 11 is 0. The maximum Gasteiger partial charge on any atom is 0.0713 e. The molecule has 0 bridgehead atoms. The molecule has 12 aromatic carbocycles. The number of hydrogen-bond donors (Lipinski definition) is 0. The first-order chi connectivity index (χ1) is 37.2. The zero-order valence-electron chi connectivity index (χ0n) is 41.1. The molecule has 75 heavy (non-hydrogen) atoms. The van der Waals surface area contributed by atoms with Crippen LogP contribution >= 0.6 is 0 Å². The lowest BCUT2D eigenvalue weighted by molar-refractivity contribution is 0.769. The van der Waals surface area contributed by atoms with E-state index in [0.717, 1.165) is 5.69 Å². The van der Waals surface area contributed by atoms with Crippen molar-refractivity contribution in [2.24, 2.45) is 0 Å². The summed E-state index contributed by atoms with van der Waals surface area (Å²) in [4.78, 5) is 0. The van der Waals surface area contributed by atoms with Crippen molar-refractivity contribution in [3.05, 3.63) is 313 Å². The highest BCUT2D eigenvalue weighted by Crippen LogP contribution is 2.56. The molecule has 2 nitrogen and oxygen atoms in total. The van der Waals surface area contributed by atoms with E-state index >= 15 is 0 Å². The Hall–Kier alpha value is -9.76. The molecule has 0 saturated heterocycles. The fraction of sp³-hybridized carbons (Fsp3) is 0.0137. The van der Waals surface area contributed by atoms with E-state index in [4.69, 9.17) is 0 Å². The summed E-state index contributed by atoms with van der Waals surface area (Å²) in [7, 11) is 0. The van der Waals surface area contributed by atoms with Gasteiger partial charge in [-0.05, 0) is 133 Å². The van der Waals surface area contributed by atoms with Crippen LogP contribution in [-0.4, -0.2) is 9.13 Å². The van der Waals surface area contributed by atoms with Gasteiger partial charge < -0.3 is 9.13 Å². The number of nitrogens with zero attached hydrogens (tertiary/aromatic N) is 2.